The Morgan fingerprint density at radius 2 is 1.81 bits per heavy atom. The molecule has 2 aromatic rings. The van der Waals surface area contributed by atoms with Crippen LogP contribution in [0.15, 0.2) is 66.4 Å². The molecule has 1 amide bonds. The maximum atomic E-state index is 12.5. The zero-order chi connectivity index (χ0) is 19.6. The van der Waals surface area contributed by atoms with E-state index in [-0.39, 0.29) is 17.7 Å². The number of para-hydroxylation sites is 1. The quantitative estimate of drug-likeness (QED) is 0.463. The third-order valence-corrected chi connectivity index (χ3v) is 3.66. The van der Waals surface area contributed by atoms with Crippen molar-refractivity contribution in [2.24, 2.45) is 0 Å². The van der Waals surface area contributed by atoms with Crippen molar-refractivity contribution in [3.05, 3.63) is 77.5 Å². The molecule has 0 radical (unpaired) electrons. The summed E-state index contributed by atoms with van der Waals surface area (Å²) in [5.74, 6) is -1.12. The van der Waals surface area contributed by atoms with E-state index in [0.717, 1.165) is 5.56 Å². The fourth-order valence-electron chi connectivity index (χ4n) is 2.44. The molecule has 2 aromatic carbocycles. The third-order valence-electron chi connectivity index (χ3n) is 3.66. The minimum atomic E-state index is -0.589. The van der Waals surface area contributed by atoms with Crippen LogP contribution in [0.25, 0.3) is 0 Å². The van der Waals surface area contributed by atoms with Crippen molar-refractivity contribution >= 4 is 17.6 Å². The van der Waals surface area contributed by atoms with E-state index in [9.17, 15) is 14.9 Å². The average Bonchev–Trinajstić information content (AvgIpc) is 2.67. The topological polar surface area (TPSA) is 82.4 Å². The lowest BCUT2D eigenvalue weighted by atomic mass is 10.1. The number of nitriles is 1. The lowest BCUT2D eigenvalue weighted by molar-refractivity contribution is -0.112. The second-order valence-corrected chi connectivity index (χ2v) is 5.78. The number of amides is 1. The third kappa shape index (κ3) is 5.72. The van der Waals surface area contributed by atoms with Crippen molar-refractivity contribution in [3.63, 3.8) is 0 Å². The smallest absolute Gasteiger partial charge is 0.340 e. The molecule has 6 heteroatoms. The maximum Gasteiger partial charge on any atom is 0.340 e. The van der Waals surface area contributed by atoms with Gasteiger partial charge in [0.2, 0.25) is 0 Å². The molecule has 0 aliphatic heterocycles. The molecular formula is C21H21N3O3. The van der Waals surface area contributed by atoms with Crippen LogP contribution >= 0.6 is 0 Å². The number of carbonyl (C=O) groups excluding carboxylic acids is 2. The monoisotopic (exact) mass is 363 g/mol. The molecule has 0 aliphatic rings. The molecule has 0 bridgehead atoms. The summed E-state index contributed by atoms with van der Waals surface area (Å²) in [7, 11) is 1.78. The van der Waals surface area contributed by atoms with Crippen LogP contribution in [0.5, 0.6) is 0 Å². The summed E-state index contributed by atoms with van der Waals surface area (Å²) in [4.78, 5) is 26.2. The van der Waals surface area contributed by atoms with E-state index in [4.69, 9.17) is 4.74 Å². The molecule has 1 N–H and O–H groups in total. The second-order valence-electron chi connectivity index (χ2n) is 5.78. The van der Waals surface area contributed by atoms with Crippen LogP contribution in [-0.4, -0.2) is 30.4 Å². The summed E-state index contributed by atoms with van der Waals surface area (Å²) in [6.07, 6.45) is 1.48. The van der Waals surface area contributed by atoms with E-state index in [1.54, 1.807) is 43.1 Å². The molecule has 138 valence electrons. The second kappa shape index (κ2) is 9.78. The van der Waals surface area contributed by atoms with Crippen molar-refractivity contribution < 1.29 is 14.3 Å². The first-order valence-electron chi connectivity index (χ1n) is 8.48. The van der Waals surface area contributed by atoms with Crippen LogP contribution in [0.3, 0.4) is 0 Å². The number of hydrogen-bond donors (Lipinski definition) is 1. The first-order valence-corrected chi connectivity index (χ1v) is 8.48. The zero-order valence-electron chi connectivity index (χ0n) is 15.3. The molecule has 0 saturated heterocycles. The van der Waals surface area contributed by atoms with Gasteiger partial charge in [-0.1, -0.05) is 42.5 Å². The zero-order valence-corrected chi connectivity index (χ0v) is 15.3. The van der Waals surface area contributed by atoms with E-state index in [1.165, 1.54) is 6.20 Å². The Morgan fingerprint density at radius 3 is 2.48 bits per heavy atom. The summed E-state index contributed by atoms with van der Waals surface area (Å²) in [5, 5.41) is 12.0. The Balaban J connectivity index is 2.14. The number of ether oxygens (including phenoxy) is 1. The number of nitrogens with one attached hydrogen (secondary N) is 1. The lowest BCUT2D eigenvalue weighted by Gasteiger charge is -2.15. The summed E-state index contributed by atoms with van der Waals surface area (Å²) in [5.41, 5.74) is 1.53. The molecule has 0 saturated carbocycles. The van der Waals surface area contributed by atoms with Crippen molar-refractivity contribution in [2.45, 2.75) is 13.5 Å². The summed E-state index contributed by atoms with van der Waals surface area (Å²) in [6, 6.07) is 18.1. The number of esters is 1. The highest BCUT2D eigenvalue weighted by Crippen LogP contribution is 2.17. The van der Waals surface area contributed by atoms with E-state index in [0.29, 0.717) is 12.2 Å². The van der Waals surface area contributed by atoms with E-state index in [2.05, 4.69) is 5.32 Å². The Labute approximate surface area is 158 Å². The number of carbonyl (C=O) groups is 2. The molecule has 0 spiro atoms. The first-order chi connectivity index (χ1) is 13.0. The molecule has 6 nitrogen and oxygen atoms in total. The number of nitrogens with zero attached hydrogens (tertiary/aromatic N) is 2. The predicted octanol–water partition coefficient (Wildman–Crippen LogP) is 3.34. The average molecular weight is 363 g/mol. The van der Waals surface area contributed by atoms with Gasteiger partial charge in [-0.25, -0.2) is 4.79 Å². The van der Waals surface area contributed by atoms with E-state index >= 15 is 0 Å². The fraction of sp³-hybridized carbons (Fsp3) is 0.190. The van der Waals surface area contributed by atoms with Crippen molar-refractivity contribution in [1.29, 1.82) is 5.26 Å². The molecule has 0 atom stereocenters. The number of benzene rings is 2. The van der Waals surface area contributed by atoms with Gasteiger partial charge in [-0.2, -0.15) is 5.26 Å². The van der Waals surface area contributed by atoms with Gasteiger partial charge in [0.1, 0.15) is 11.6 Å². The highest BCUT2D eigenvalue weighted by Gasteiger charge is 2.16. The number of hydrogen-bond acceptors (Lipinski definition) is 5. The van der Waals surface area contributed by atoms with Crippen LogP contribution in [-0.2, 0) is 16.1 Å². The van der Waals surface area contributed by atoms with Crippen LogP contribution in [0.4, 0.5) is 5.69 Å². The van der Waals surface area contributed by atoms with Gasteiger partial charge in [-0.05, 0) is 24.6 Å². The van der Waals surface area contributed by atoms with Crippen LogP contribution in [0.2, 0.25) is 0 Å². The van der Waals surface area contributed by atoms with Gasteiger partial charge in [0.15, 0.2) is 0 Å². The molecule has 0 fully saturated rings. The molecule has 0 aromatic heterocycles. The highest BCUT2D eigenvalue weighted by molar-refractivity contribution is 6.09. The van der Waals surface area contributed by atoms with Crippen molar-refractivity contribution in [3.8, 4) is 6.07 Å². The van der Waals surface area contributed by atoms with Gasteiger partial charge in [0, 0.05) is 19.8 Å². The van der Waals surface area contributed by atoms with Gasteiger partial charge in [-0.15, -0.1) is 0 Å². The van der Waals surface area contributed by atoms with Gasteiger partial charge < -0.3 is 15.0 Å². The molecular weight excluding hydrogens is 342 g/mol. The molecule has 0 unspecified atom stereocenters. The summed E-state index contributed by atoms with van der Waals surface area (Å²) < 4.78 is 4.99. The fourth-order valence-corrected chi connectivity index (χ4v) is 2.44. The van der Waals surface area contributed by atoms with E-state index < -0.39 is 11.9 Å². The maximum absolute atomic E-state index is 12.5. The summed E-state index contributed by atoms with van der Waals surface area (Å²) >= 11 is 0. The van der Waals surface area contributed by atoms with E-state index in [1.807, 2.05) is 36.4 Å². The minimum absolute atomic E-state index is 0.0629. The Kier molecular flexibility index (Phi) is 7.15. The molecule has 0 aliphatic carbocycles. The molecule has 0 heterocycles. The van der Waals surface area contributed by atoms with Crippen molar-refractivity contribution in [2.75, 3.05) is 19.0 Å². The van der Waals surface area contributed by atoms with Crippen LogP contribution in [0.1, 0.15) is 22.8 Å². The SMILES string of the molecule is CCOC(=O)c1ccccc1NC(=O)/C(C#N)=C\N(C)Cc1ccccc1. The largest absolute Gasteiger partial charge is 0.462 e. The van der Waals surface area contributed by atoms with Gasteiger partial charge in [0.25, 0.3) is 5.91 Å². The van der Waals surface area contributed by atoms with Crippen molar-refractivity contribution in [1.82, 2.24) is 4.90 Å². The lowest BCUT2D eigenvalue weighted by Crippen LogP contribution is -2.19. The van der Waals surface area contributed by atoms with Gasteiger partial charge in [-0.3, -0.25) is 4.79 Å². The van der Waals surface area contributed by atoms with Crippen LogP contribution in [0, 0.1) is 11.3 Å². The highest BCUT2D eigenvalue weighted by atomic mass is 16.5. The standard InChI is InChI=1S/C21H21N3O3/c1-3-27-21(26)18-11-7-8-12-19(18)23-20(25)17(13-22)15-24(2)14-16-9-5-4-6-10-16/h4-12,15H,3,14H2,1-2H3,(H,23,25)/b17-15-. The normalized spacial score (nSPS) is 10.6. The summed E-state index contributed by atoms with van der Waals surface area (Å²) in [6.45, 7) is 2.49. The Hall–Kier alpha value is -3.59. The Morgan fingerprint density at radius 1 is 1.15 bits per heavy atom. The number of rotatable bonds is 7. The predicted molar refractivity (Wildman–Crippen MR) is 103 cm³/mol. The molecule has 27 heavy (non-hydrogen) atoms. The minimum Gasteiger partial charge on any atom is -0.462 e. The molecule has 2 rings (SSSR count). The number of anilines is 1. The first kappa shape index (κ1) is 19.7. The Bertz CT molecular complexity index is 870. The van der Waals surface area contributed by atoms with Gasteiger partial charge in [0.05, 0.1) is 17.9 Å². The van der Waals surface area contributed by atoms with Gasteiger partial charge >= 0.3 is 5.97 Å². The van der Waals surface area contributed by atoms with Crippen LogP contribution < -0.4 is 5.32 Å².